The highest BCUT2D eigenvalue weighted by atomic mass is 35.5. The van der Waals surface area contributed by atoms with Gasteiger partial charge in [-0.2, -0.15) is 4.31 Å². The van der Waals surface area contributed by atoms with E-state index in [1.807, 2.05) is 0 Å². The Labute approximate surface area is 135 Å². The summed E-state index contributed by atoms with van der Waals surface area (Å²) in [6.07, 6.45) is 4.01. The normalized spacial score (nSPS) is 16.1. The first-order chi connectivity index (χ1) is 10.4. The molecule has 1 saturated carbocycles. The van der Waals surface area contributed by atoms with Crippen LogP contribution in [0.4, 0.5) is 0 Å². The van der Waals surface area contributed by atoms with Crippen LogP contribution in [0.2, 0.25) is 5.02 Å². The molecule has 1 aliphatic carbocycles. The van der Waals surface area contributed by atoms with Crippen molar-refractivity contribution in [3.63, 3.8) is 0 Å². The number of hydrogen-bond acceptors (Lipinski definition) is 4. The van der Waals surface area contributed by atoms with Gasteiger partial charge in [0.05, 0.1) is 11.6 Å². The molecule has 0 unspecified atom stereocenters. The summed E-state index contributed by atoms with van der Waals surface area (Å²) in [5, 5.41) is 8.80. The van der Waals surface area contributed by atoms with E-state index in [1.54, 1.807) is 12.1 Å². The molecule has 2 rings (SSSR count). The highest BCUT2D eigenvalue weighted by Crippen LogP contribution is 2.29. The Hall–Kier alpha value is -1.15. The largest absolute Gasteiger partial charge is 0.289 e. The van der Waals surface area contributed by atoms with Gasteiger partial charge in [0.2, 0.25) is 10.0 Å². The fourth-order valence-electron chi connectivity index (χ4n) is 2.72. The standard InChI is InChI=1S/C14H19ClN2O4S/c15-12-7-3-4-8-13(12)22(20,21)17(10-14(18)16-19)9-11-5-1-2-6-11/h3-4,7-8,11,19H,1-2,5-6,9-10H2,(H,16,18). The summed E-state index contributed by atoms with van der Waals surface area (Å²) in [4.78, 5) is 11.4. The molecule has 0 aliphatic heterocycles. The van der Waals surface area contributed by atoms with E-state index in [0.717, 1.165) is 30.0 Å². The average Bonchev–Trinajstić information content (AvgIpc) is 2.99. The molecule has 0 heterocycles. The number of hydroxylamine groups is 1. The second-order valence-electron chi connectivity index (χ2n) is 5.41. The summed E-state index contributed by atoms with van der Waals surface area (Å²) in [7, 11) is -3.89. The molecule has 1 aliphatic rings. The first kappa shape index (κ1) is 17.2. The molecule has 0 radical (unpaired) electrons. The minimum absolute atomic E-state index is 0.0274. The van der Waals surface area contributed by atoms with Crippen LogP contribution in [0.5, 0.6) is 0 Å². The van der Waals surface area contributed by atoms with Crippen LogP contribution in [0.1, 0.15) is 25.7 Å². The number of halogens is 1. The molecule has 1 fully saturated rings. The third-order valence-electron chi connectivity index (χ3n) is 3.84. The molecular formula is C14H19ClN2O4S. The Balaban J connectivity index is 2.29. The van der Waals surface area contributed by atoms with Crippen LogP contribution >= 0.6 is 11.6 Å². The number of carbonyl (C=O) groups excluding carboxylic acids is 1. The van der Waals surface area contributed by atoms with E-state index in [9.17, 15) is 13.2 Å². The molecule has 8 heteroatoms. The summed E-state index contributed by atoms with van der Waals surface area (Å²) in [6.45, 7) is -0.179. The van der Waals surface area contributed by atoms with Gasteiger partial charge in [0.25, 0.3) is 5.91 Å². The number of nitrogens with one attached hydrogen (secondary N) is 1. The van der Waals surface area contributed by atoms with Gasteiger partial charge in [-0.25, -0.2) is 13.9 Å². The Morgan fingerprint density at radius 3 is 2.55 bits per heavy atom. The van der Waals surface area contributed by atoms with Crippen molar-refractivity contribution in [3.8, 4) is 0 Å². The lowest BCUT2D eigenvalue weighted by Crippen LogP contribution is -2.42. The van der Waals surface area contributed by atoms with Gasteiger partial charge in [0.15, 0.2) is 0 Å². The van der Waals surface area contributed by atoms with Crippen LogP contribution in [-0.4, -0.2) is 36.9 Å². The second kappa shape index (κ2) is 7.41. The van der Waals surface area contributed by atoms with Crippen LogP contribution < -0.4 is 5.48 Å². The van der Waals surface area contributed by atoms with Crippen molar-refractivity contribution in [1.29, 1.82) is 0 Å². The lowest BCUT2D eigenvalue weighted by atomic mass is 10.1. The number of hydrogen-bond donors (Lipinski definition) is 2. The maximum Gasteiger partial charge on any atom is 0.258 e. The van der Waals surface area contributed by atoms with Crippen molar-refractivity contribution in [1.82, 2.24) is 9.79 Å². The van der Waals surface area contributed by atoms with Gasteiger partial charge in [-0.15, -0.1) is 0 Å². The molecule has 0 saturated heterocycles. The summed E-state index contributed by atoms with van der Waals surface area (Å²) in [5.41, 5.74) is 1.48. The van der Waals surface area contributed by atoms with Gasteiger partial charge in [-0.1, -0.05) is 36.6 Å². The molecule has 0 aromatic heterocycles. The number of amides is 1. The summed E-state index contributed by atoms with van der Waals surface area (Å²) in [6, 6.07) is 6.13. The fraction of sp³-hybridized carbons (Fsp3) is 0.500. The van der Waals surface area contributed by atoms with Crippen molar-refractivity contribution in [2.75, 3.05) is 13.1 Å². The van der Waals surface area contributed by atoms with Crippen molar-refractivity contribution in [3.05, 3.63) is 29.3 Å². The van der Waals surface area contributed by atoms with Crippen molar-refractivity contribution < 1.29 is 18.4 Å². The van der Waals surface area contributed by atoms with Crippen molar-refractivity contribution in [2.45, 2.75) is 30.6 Å². The predicted octanol–water partition coefficient (Wildman–Crippen LogP) is 2.03. The number of carbonyl (C=O) groups is 1. The SMILES string of the molecule is O=C(CN(CC1CCCC1)S(=O)(=O)c1ccccc1Cl)NO. The van der Waals surface area contributed by atoms with Crippen molar-refractivity contribution in [2.24, 2.45) is 5.92 Å². The summed E-state index contributed by atoms with van der Waals surface area (Å²) >= 11 is 5.98. The smallest absolute Gasteiger partial charge is 0.258 e. The van der Waals surface area contributed by atoms with Gasteiger partial charge in [-0.3, -0.25) is 10.0 Å². The van der Waals surface area contributed by atoms with Crippen molar-refractivity contribution >= 4 is 27.5 Å². The highest BCUT2D eigenvalue weighted by Gasteiger charge is 2.31. The van der Waals surface area contributed by atoms with Crippen LogP contribution in [0.25, 0.3) is 0 Å². The van der Waals surface area contributed by atoms with E-state index >= 15 is 0 Å². The predicted molar refractivity (Wildman–Crippen MR) is 82.1 cm³/mol. The minimum Gasteiger partial charge on any atom is -0.289 e. The number of rotatable bonds is 6. The molecule has 0 bridgehead atoms. The number of nitrogens with zero attached hydrogens (tertiary/aromatic N) is 1. The second-order valence-corrected chi connectivity index (χ2v) is 7.73. The summed E-state index contributed by atoms with van der Waals surface area (Å²) in [5.74, 6) is -0.544. The van der Waals surface area contributed by atoms with E-state index in [4.69, 9.17) is 16.8 Å². The molecule has 0 spiro atoms. The van der Waals surface area contributed by atoms with Gasteiger partial charge in [0.1, 0.15) is 4.90 Å². The molecule has 6 nitrogen and oxygen atoms in total. The number of sulfonamides is 1. The fourth-order valence-corrected chi connectivity index (χ4v) is 4.68. The van der Waals surface area contributed by atoms with Gasteiger partial charge >= 0.3 is 0 Å². The van der Waals surface area contributed by atoms with E-state index in [2.05, 4.69) is 0 Å². The van der Waals surface area contributed by atoms with E-state index in [1.165, 1.54) is 17.6 Å². The maximum absolute atomic E-state index is 12.8. The molecule has 22 heavy (non-hydrogen) atoms. The zero-order valence-corrected chi connectivity index (χ0v) is 13.6. The Morgan fingerprint density at radius 1 is 1.32 bits per heavy atom. The third-order valence-corrected chi connectivity index (χ3v) is 6.15. The first-order valence-electron chi connectivity index (χ1n) is 7.12. The van der Waals surface area contributed by atoms with Crippen LogP contribution in [0.15, 0.2) is 29.2 Å². The lowest BCUT2D eigenvalue weighted by Gasteiger charge is -2.24. The zero-order valence-electron chi connectivity index (χ0n) is 12.0. The Morgan fingerprint density at radius 2 is 1.95 bits per heavy atom. The monoisotopic (exact) mass is 346 g/mol. The molecule has 1 aromatic rings. The molecule has 122 valence electrons. The molecule has 0 atom stereocenters. The topological polar surface area (TPSA) is 86.7 Å². The minimum atomic E-state index is -3.89. The van der Waals surface area contributed by atoms with Crippen LogP contribution in [0, 0.1) is 5.92 Å². The van der Waals surface area contributed by atoms with Crippen LogP contribution in [-0.2, 0) is 14.8 Å². The van der Waals surface area contributed by atoms with Gasteiger partial charge < -0.3 is 0 Å². The first-order valence-corrected chi connectivity index (χ1v) is 8.94. The number of benzene rings is 1. The average molecular weight is 347 g/mol. The quantitative estimate of drug-likeness (QED) is 0.609. The van der Waals surface area contributed by atoms with Gasteiger partial charge in [-0.05, 0) is 30.9 Å². The third kappa shape index (κ3) is 3.98. The van der Waals surface area contributed by atoms with Crippen LogP contribution in [0.3, 0.4) is 0 Å². The Kier molecular flexibility index (Phi) is 5.80. The van der Waals surface area contributed by atoms with E-state index < -0.39 is 22.5 Å². The highest BCUT2D eigenvalue weighted by molar-refractivity contribution is 7.89. The Bertz CT molecular complexity index is 629. The molecule has 1 aromatic carbocycles. The van der Waals surface area contributed by atoms with E-state index in [0.29, 0.717) is 0 Å². The van der Waals surface area contributed by atoms with E-state index in [-0.39, 0.29) is 22.4 Å². The molecular weight excluding hydrogens is 328 g/mol. The molecule has 1 amide bonds. The summed E-state index contributed by atoms with van der Waals surface area (Å²) < 4.78 is 26.6. The lowest BCUT2D eigenvalue weighted by molar-refractivity contribution is -0.129. The van der Waals surface area contributed by atoms with Gasteiger partial charge in [0, 0.05) is 6.54 Å². The zero-order chi connectivity index (χ0) is 16.2. The molecule has 2 N–H and O–H groups in total. The maximum atomic E-state index is 12.8.